The maximum absolute atomic E-state index is 13.6. The van der Waals surface area contributed by atoms with Crippen molar-refractivity contribution in [3.8, 4) is 0 Å². The van der Waals surface area contributed by atoms with Crippen LogP contribution in [0, 0.1) is 0 Å². The third-order valence-corrected chi connectivity index (χ3v) is 2.42. The van der Waals surface area contributed by atoms with Gasteiger partial charge in [-0.3, -0.25) is 4.79 Å². The highest BCUT2D eigenvalue weighted by Crippen LogP contribution is 2.28. The summed E-state index contributed by atoms with van der Waals surface area (Å²) in [6.45, 7) is 1.09. The third kappa shape index (κ3) is 4.11. The van der Waals surface area contributed by atoms with Crippen LogP contribution in [0.2, 0.25) is 0 Å². The smallest absolute Gasteiger partial charge is 0.323 e. The first-order chi connectivity index (χ1) is 7.73. The van der Waals surface area contributed by atoms with Crippen molar-refractivity contribution in [3.05, 3.63) is 35.9 Å². The minimum atomic E-state index is -3.14. The van der Waals surface area contributed by atoms with Gasteiger partial charge in [0.05, 0.1) is 0 Å². The van der Waals surface area contributed by atoms with Crippen LogP contribution in [0.3, 0.4) is 0 Å². The van der Waals surface area contributed by atoms with Crippen molar-refractivity contribution >= 4 is 5.97 Å². The molecule has 0 saturated heterocycles. The molecule has 0 aromatic heterocycles. The summed E-state index contributed by atoms with van der Waals surface area (Å²) in [4.78, 5) is 10.7. The van der Waals surface area contributed by atoms with Crippen molar-refractivity contribution in [2.75, 3.05) is 0 Å². The molecule has 17 heavy (non-hydrogen) atoms. The van der Waals surface area contributed by atoms with Crippen LogP contribution in [0.25, 0.3) is 0 Å². The molecule has 1 aromatic rings. The van der Waals surface area contributed by atoms with E-state index < -0.39 is 30.3 Å². The lowest BCUT2D eigenvalue weighted by atomic mass is 9.92. The predicted molar refractivity (Wildman–Crippen MR) is 59.9 cm³/mol. The fourth-order valence-corrected chi connectivity index (χ4v) is 1.57. The van der Waals surface area contributed by atoms with Gasteiger partial charge in [0, 0.05) is 12.8 Å². The van der Waals surface area contributed by atoms with Gasteiger partial charge in [0.1, 0.15) is 5.54 Å². The number of alkyl halides is 2. The van der Waals surface area contributed by atoms with Crippen molar-refractivity contribution in [2.24, 2.45) is 5.73 Å². The quantitative estimate of drug-likeness (QED) is 0.832. The van der Waals surface area contributed by atoms with Gasteiger partial charge >= 0.3 is 5.97 Å². The standard InChI is InChI=1S/C12H15F2NO2/c1-11(15,10(16)17)8-12(13,14)7-9-5-3-2-4-6-9/h2-6H,7-8,15H2,1H3,(H,16,17)/t11-/m0/s1. The van der Waals surface area contributed by atoms with E-state index in [1.54, 1.807) is 30.3 Å². The first-order valence-corrected chi connectivity index (χ1v) is 5.17. The molecule has 0 saturated carbocycles. The molecule has 94 valence electrons. The maximum Gasteiger partial charge on any atom is 0.323 e. The largest absolute Gasteiger partial charge is 0.480 e. The minimum absolute atomic E-state index is 0.457. The van der Waals surface area contributed by atoms with E-state index in [1.165, 1.54) is 0 Å². The molecule has 0 spiro atoms. The van der Waals surface area contributed by atoms with Crippen LogP contribution in [0.4, 0.5) is 8.78 Å². The van der Waals surface area contributed by atoms with Gasteiger partial charge in [-0.25, -0.2) is 8.78 Å². The number of carboxylic acids is 1. The van der Waals surface area contributed by atoms with E-state index in [9.17, 15) is 13.6 Å². The number of rotatable bonds is 5. The second-order valence-electron chi connectivity index (χ2n) is 4.42. The van der Waals surface area contributed by atoms with Crippen molar-refractivity contribution in [2.45, 2.75) is 31.2 Å². The van der Waals surface area contributed by atoms with E-state index in [1.807, 2.05) is 0 Å². The molecule has 0 radical (unpaired) electrons. The van der Waals surface area contributed by atoms with E-state index in [4.69, 9.17) is 10.8 Å². The van der Waals surface area contributed by atoms with Gasteiger partial charge < -0.3 is 10.8 Å². The maximum atomic E-state index is 13.6. The topological polar surface area (TPSA) is 63.3 Å². The molecule has 1 rings (SSSR count). The molecule has 0 aliphatic rings. The molecule has 3 nitrogen and oxygen atoms in total. The van der Waals surface area contributed by atoms with Crippen LogP contribution in [0.15, 0.2) is 30.3 Å². The first kappa shape index (κ1) is 13.6. The average molecular weight is 243 g/mol. The first-order valence-electron chi connectivity index (χ1n) is 5.17. The van der Waals surface area contributed by atoms with E-state index >= 15 is 0 Å². The van der Waals surface area contributed by atoms with Gasteiger partial charge in [-0.2, -0.15) is 0 Å². The number of halogens is 2. The molecule has 5 heteroatoms. The van der Waals surface area contributed by atoms with Crippen LogP contribution >= 0.6 is 0 Å². The SMILES string of the molecule is C[C@](N)(CC(F)(F)Cc1ccccc1)C(=O)O. The van der Waals surface area contributed by atoms with E-state index in [2.05, 4.69) is 0 Å². The zero-order chi connectivity index (χ0) is 13.1. The van der Waals surface area contributed by atoms with Crippen molar-refractivity contribution in [1.29, 1.82) is 0 Å². The van der Waals surface area contributed by atoms with Crippen LogP contribution in [0.5, 0.6) is 0 Å². The molecule has 0 unspecified atom stereocenters. The van der Waals surface area contributed by atoms with Gasteiger partial charge in [0.15, 0.2) is 0 Å². The Bertz CT molecular complexity index is 391. The lowest BCUT2D eigenvalue weighted by Gasteiger charge is -2.25. The number of hydrogen-bond donors (Lipinski definition) is 2. The van der Waals surface area contributed by atoms with Crippen LogP contribution < -0.4 is 5.73 Å². The van der Waals surface area contributed by atoms with Crippen LogP contribution in [0.1, 0.15) is 18.9 Å². The highest BCUT2D eigenvalue weighted by atomic mass is 19.3. The molecule has 0 aliphatic heterocycles. The Morgan fingerprint density at radius 3 is 2.35 bits per heavy atom. The van der Waals surface area contributed by atoms with Gasteiger partial charge in [-0.05, 0) is 12.5 Å². The number of aliphatic carboxylic acids is 1. The average Bonchev–Trinajstić information content (AvgIpc) is 2.16. The number of carboxylic acid groups (broad SMARTS) is 1. The highest BCUT2D eigenvalue weighted by molar-refractivity contribution is 5.77. The Morgan fingerprint density at radius 1 is 1.35 bits per heavy atom. The zero-order valence-corrected chi connectivity index (χ0v) is 9.49. The monoisotopic (exact) mass is 243 g/mol. The fraction of sp³-hybridized carbons (Fsp3) is 0.417. The second kappa shape index (κ2) is 4.79. The molecule has 0 aliphatic carbocycles. The van der Waals surface area contributed by atoms with Crippen molar-refractivity contribution < 1.29 is 18.7 Å². The Balaban J connectivity index is 2.73. The molecular weight excluding hydrogens is 228 g/mol. The van der Waals surface area contributed by atoms with Crippen LogP contribution in [-0.2, 0) is 11.2 Å². The molecule has 0 heterocycles. The number of benzene rings is 1. The number of carbonyl (C=O) groups is 1. The summed E-state index contributed by atoms with van der Waals surface area (Å²) >= 11 is 0. The summed E-state index contributed by atoms with van der Waals surface area (Å²) in [7, 11) is 0. The molecule has 0 fully saturated rings. The highest BCUT2D eigenvalue weighted by Gasteiger charge is 2.41. The Kier molecular flexibility index (Phi) is 3.83. The predicted octanol–water partition coefficient (Wildman–Crippen LogP) is 2.06. The summed E-state index contributed by atoms with van der Waals surface area (Å²) < 4.78 is 27.2. The van der Waals surface area contributed by atoms with Gasteiger partial charge in [0.2, 0.25) is 0 Å². The fourth-order valence-electron chi connectivity index (χ4n) is 1.57. The third-order valence-electron chi connectivity index (χ3n) is 2.42. The second-order valence-corrected chi connectivity index (χ2v) is 4.42. The Labute approximate surface area is 98.2 Å². The van der Waals surface area contributed by atoms with Gasteiger partial charge in [0.25, 0.3) is 5.92 Å². The minimum Gasteiger partial charge on any atom is -0.480 e. The Hall–Kier alpha value is -1.49. The molecule has 1 atom stereocenters. The molecule has 0 bridgehead atoms. The Morgan fingerprint density at radius 2 is 1.88 bits per heavy atom. The number of nitrogens with two attached hydrogens (primary N) is 1. The molecule has 3 N–H and O–H groups in total. The van der Waals surface area contributed by atoms with Gasteiger partial charge in [-0.1, -0.05) is 30.3 Å². The summed E-state index contributed by atoms with van der Waals surface area (Å²) in [6, 6.07) is 8.19. The number of hydrogen-bond acceptors (Lipinski definition) is 2. The van der Waals surface area contributed by atoms with E-state index in [0.717, 1.165) is 6.92 Å². The summed E-state index contributed by atoms with van der Waals surface area (Å²) in [5.41, 5.74) is 3.86. The summed E-state index contributed by atoms with van der Waals surface area (Å²) in [5.74, 6) is -4.56. The lowest BCUT2D eigenvalue weighted by molar-refractivity contribution is -0.146. The van der Waals surface area contributed by atoms with Crippen LogP contribution in [-0.4, -0.2) is 22.5 Å². The van der Waals surface area contributed by atoms with Crippen molar-refractivity contribution in [1.82, 2.24) is 0 Å². The molecule has 0 amide bonds. The normalized spacial score (nSPS) is 15.3. The summed E-state index contributed by atoms with van der Waals surface area (Å²) in [6.07, 6.45) is -1.39. The molecular formula is C12H15F2NO2. The lowest BCUT2D eigenvalue weighted by Crippen LogP contribution is -2.49. The zero-order valence-electron chi connectivity index (χ0n) is 9.49. The van der Waals surface area contributed by atoms with Crippen molar-refractivity contribution in [3.63, 3.8) is 0 Å². The van der Waals surface area contributed by atoms with E-state index in [0.29, 0.717) is 5.56 Å². The van der Waals surface area contributed by atoms with E-state index in [-0.39, 0.29) is 0 Å². The summed E-state index contributed by atoms with van der Waals surface area (Å²) in [5, 5.41) is 8.71. The molecule has 1 aromatic carbocycles. The van der Waals surface area contributed by atoms with Gasteiger partial charge in [-0.15, -0.1) is 0 Å².